The SMILES string of the molecule is Cc1cccc(-c2cc(N)ccc2N)n1.Cl.Cl.Cl. The number of hydrogen-bond donors (Lipinski definition) is 2. The second-order valence-corrected chi connectivity index (χ2v) is 3.51. The molecule has 0 saturated heterocycles. The number of nitrogens with zero attached hydrogens (tertiary/aromatic N) is 1. The Morgan fingerprint density at radius 1 is 0.944 bits per heavy atom. The molecule has 4 N–H and O–H groups in total. The fourth-order valence-corrected chi connectivity index (χ4v) is 1.49. The average Bonchev–Trinajstić information content (AvgIpc) is 2.22. The fraction of sp³-hybridized carbons (Fsp3) is 0.0833. The van der Waals surface area contributed by atoms with Crippen molar-refractivity contribution in [2.75, 3.05) is 11.5 Å². The molecule has 2 rings (SSSR count). The Morgan fingerprint density at radius 3 is 2.22 bits per heavy atom. The zero-order valence-corrected chi connectivity index (χ0v) is 12.2. The maximum absolute atomic E-state index is 5.88. The summed E-state index contributed by atoms with van der Waals surface area (Å²) in [6.45, 7) is 1.95. The molecule has 3 nitrogen and oxygen atoms in total. The number of anilines is 2. The smallest absolute Gasteiger partial charge is 0.0726 e. The van der Waals surface area contributed by atoms with Gasteiger partial charge in [0.15, 0.2) is 0 Å². The summed E-state index contributed by atoms with van der Waals surface area (Å²) >= 11 is 0. The van der Waals surface area contributed by atoms with Crippen LogP contribution in [0.4, 0.5) is 11.4 Å². The summed E-state index contributed by atoms with van der Waals surface area (Å²) in [5.74, 6) is 0. The molecule has 1 aromatic heterocycles. The lowest BCUT2D eigenvalue weighted by atomic mass is 10.1. The molecule has 2 aromatic rings. The van der Waals surface area contributed by atoms with Gasteiger partial charge in [-0.3, -0.25) is 4.98 Å². The minimum Gasteiger partial charge on any atom is -0.399 e. The van der Waals surface area contributed by atoms with Gasteiger partial charge in [0.05, 0.1) is 5.69 Å². The van der Waals surface area contributed by atoms with E-state index in [0.717, 1.165) is 17.0 Å². The molecule has 1 aromatic carbocycles. The van der Waals surface area contributed by atoms with Gasteiger partial charge >= 0.3 is 0 Å². The molecule has 0 aliphatic heterocycles. The average molecular weight is 309 g/mol. The van der Waals surface area contributed by atoms with Gasteiger partial charge in [0.2, 0.25) is 0 Å². The van der Waals surface area contributed by atoms with Crippen molar-refractivity contribution in [1.82, 2.24) is 4.98 Å². The maximum atomic E-state index is 5.88. The van der Waals surface area contributed by atoms with Gasteiger partial charge in [0.1, 0.15) is 0 Å². The number of nitrogens with two attached hydrogens (primary N) is 2. The van der Waals surface area contributed by atoms with Crippen LogP contribution >= 0.6 is 37.2 Å². The van der Waals surface area contributed by atoms with Crippen molar-refractivity contribution in [2.24, 2.45) is 0 Å². The van der Waals surface area contributed by atoms with Crippen LogP contribution in [0.3, 0.4) is 0 Å². The van der Waals surface area contributed by atoms with Crippen molar-refractivity contribution in [2.45, 2.75) is 6.92 Å². The Hall–Kier alpha value is -1.16. The number of aromatic nitrogens is 1. The topological polar surface area (TPSA) is 64.9 Å². The van der Waals surface area contributed by atoms with E-state index in [2.05, 4.69) is 4.98 Å². The molecular formula is C12H16Cl3N3. The summed E-state index contributed by atoms with van der Waals surface area (Å²) < 4.78 is 0. The van der Waals surface area contributed by atoms with Crippen molar-refractivity contribution >= 4 is 48.6 Å². The molecule has 0 aliphatic carbocycles. The van der Waals surface area contributed by atoms with E-state index >= 15 is 0 Å². The first-order valence-corrected chi connectivity index (χ1v) is 4.76. The first-order chi connectivity index (χ1) is 7.16. The molecule has 0 spiro atoms. The molecule has 0 bridgehead atoms. The van der Waals surface area contributed by atoms with Crippen LogP contribution in [-0.4, -0.2) is 4.98 Å². The van der Waals surface area contributed by atoms with Gasteiger partial charge in [0.25, 0.3) is 0 Å². The van der Waals surface area contributed by atoms with E-state index in [-0.39, 0.29) is 37.2 Å². The molecule has 100 valence electrons. The van der Waals surface area contributed by atoms with Crippen LogP contribution < -0.4 is 11.5 Å². The predicted molar refractivity (Wildman–Crippen MR) is 85.0 cm³/mol. The number of rotatable bonds is 1. The molecule has 1 heterocycles. The van der Waals surface area contributed by atoms with Gasteiger partial charge < -0.3 is 11.5 Å². The number of nitrogen functional groups attached to an aromatic ring is 2. The van der Waals surface area contributed by atoms with E-state index in [9.17, 15) is 0 Å². The van der Waals surface area contributed by atoms with Gasteiger partial charge in [-0.15, -0.1) is 37.2 Å². The van der Waals surface area contributed by atoms with Gasteiger partial charge in [-0.2, -0.15) is 0 Å². The lowest BCUT2D eigenvalue weighted by Gasteiger charge is -2.06. The molecular weight excluding hydrogens is 293 g/mol. The summed E-state index contributed by atoms with van der Waals surface area (Å²) in [5, 5.41) is 0. The molecule has 0 unspecified atom stereocenters. The van der Waals surface area contributed by atoms with E-state index in [1.54, 1.807) is 12.1 Å². The summed E-state index contributed by atoms with van der Waals surface area (Å²) in [7, 11) is 0. The van der Waals surface area contributed by atoms with E-state index in [0.29, 0.717) is 11.4 Å². The number of pyridine rings is 1. The molecule has 0 radical (unpaired) electrons. The zero-order chi connectivity index (χ0) is 10.8. The van der Waals surface area contributed by atoms with Crippen LogP contribution in [0.1, 0.15) is 5.69 Å². The minimum atomic E-state index is 0. The molecule has 0 atom stereocenters. The third-order valence-electron chi connectivity index (χ3n) is 2.24. The Kier molecular flexibility index (Phi) is 8.56. The van der Waals surface area contributed by atoms with E-state index in [4.69, 9.17) is 11.5 Å². The van der Waals surface area contributed by atoms with E-state index in [1.165, 1.54) is 0 Å². The molecule has 0 fully saturated rings. The molecule has 18 heavy (non-hydrogen) atoms. The van der Waals surface area contributed by atoms with Gasteiger partial charge in [0, 0.05) is 22.6 Å². The minimum absolute atomic E-state index is 0. The van der Waals surface area contributed by atoms with Crippen molar-refractivity contribution in [3.8, 4) is 11.3 Å². The highest BCUT2D eigenvalue weighted by atomic mass is 35.5. The number of hydrogen-bond acceptors (Lipinski definition) is 3. The Morgan fingerprint density at radius 2 is 1.61 bits per heavy atom. The van der Waals surface area contributed by atoms with Crippen molar-refractivity contribution < 1.29 is 0 Å². The molecule has 6 heteroatoms. The van der Waals surface area contributed by atoms with Crippen LogP contribution in [0, 0.1) is 6.92 Å². The summed E-state index contributed by atoms with van der Waals surface area (Å²) in [5.41, 5.74) is 15.7. The largest absolute Gasteiger partial charge is 0.399 e. The normalized spacial score (nSPS) is 8.50. The summed E-state index contributed by atoms with van der Waals surface area (Å²) in [6.07, 6.45) is 0. The van der Waals surface area contributed by atoms with Crippen molar-refractivity contribution in [3.05, 3.63) is 42.1 Å². The lowest BCUT2D eigenvalue weighted by molar-refractivity contribution is 1.21. The van der Waals surface area contributed by atoms with Crippen molar-refractivity contribution in [3.63, 3.8) is 0 Å². The second kappa shape index (κ2) is 8.03. The number of halogens is 3. The Bertz CT molecular complexity index is 504. The highest BCUT2D eigenvalue weighted by molar-refractivity contribution is 5.86. The maximum Gasteiger partial charge on any atom is 0.0726 e. The van der Waals surface area contributed by atoms with E-state index in [1.807, 2.05) is 31.2 Å². The standard InChI is InChI=1S/C12H13N3.3ClH/c1-8-3-2-4-12(15-8)10-7-9(13)5-6-11(10)14;;;/h2-7H,13-14H2,1H3;3*1H. The van der Waals surface area contributed by atoms with Gasteiger partial charge in [-0.05, 0) is 37.3 Å². The zero-order valence-electron chi connectivity index (χ0n) is 9.79. The highest BCUT2D eigenvalue weighted by Gasteiger charge is 2.04. The number of benzene rings is 1. The van der Waals surface area contributed by atoms with Crippen molar-refractivity contribution in [1.29, 1.82) is 0 Å². The van der Waals surface area contributed by atoms with Crippen LogP contribution in [0.2, 0.25) is 0 Å². The Balaban J connectivity index is 0. The summed E-state index contributed by atoms with van der Waals surface area (Å²) in [6, 6.07) is 11.3. The highest BCUT2D eigenvalue weighted by Crippen LogP contribution is 2.26. The Labute approximate surface area is 125 Å². The van der Waals surface area contributed by atoms with Crippen LogP contribution in [0.5, 0.6) is 0 Å². The molecule has 0 amide bonds. The van der Waals surface area contributed by atoms with Crippen LogP contribution in [0.25, 0.3) is 11.3 Å². The first kappa shape index (κ1) is 19.2. The van der Waals surface area contributed by atoms with Crippen LogP contribution in [0.15, 0.2) is 36.4 Å². The number of aryl methyl sites for hydroxylation is 1. The van der Waals surface area contributed by atoms with Gasteiger partial charge in [-0.1, -0.05) is 6.07 Å². The summed E-state index contributed by atoms with van der Waals surface area (Å²) in [4.78, 5) is 4.41. The lowest BCUT2D eigenvalue weighted by Crippen LogP contribution is -1.95. The monoisotopic (exact) mass is 307 g/mol. The van der Waals surface area contributed by atoms with Gasteiger partial charge in [-0.25, -0.2) is 0 Å². The second-order valence-electron chi connectivity index (χ2n) is 3.51. The predicted octanol–water partition coefficient (Wildman–Crippen LogP) is 3.49. The van der Waals surface area contributed by atoms with E-state index < -0.39 is 0 Å². The quantitative estimate of drug-likeness (QED) is 0.793. The third kappa shape index (κ3) is 4.26. The molecule has 0 aliphatic rings. The first-order valence-electron chi connectivity index (χ1n) is 4.76. The van der Waals surface area contributed by atoms with Crippen LogP contribution in [-0.2, 0) is 0 Å². The third-order valence-corrected chi connectivity index (χ3v) is 2.24. The fourth-order valence-electron chi connectivity index (χ4n) is 1.49. The molecule has 0 saturated carbocycles.